The Morgan fingerprint density at radius 1 is 1.64 bits per heavy atom. The van der Waals surface area contributed by atoms with Crippen LogP contribution in [0.5, 0.6) is 0 Å². The van der Waals surface area contributed by atoms with E-state index >= 15 is 0 Å². The van der Waals surface area contributed by atoms with Gasteiger partial charge in [-0.1, -0.05) is 6.07 Å². The summed E-state index contributed by atoms with van der Waals surface area (Å²) in [4.78, 5) is 10.4. The average Bonchev–Trinajstić information content (AvgIpc) is 2.10. The van der Waals surface area contributed by atoms with Crippen LogP contribution < -0.4 is 0 Å². The van der Waals surface area contributed by atoms with Crippen molar-refractivity contribution >= 4 is 21.9 Å². The number of nitriles is 1. The Morgan fingerprint density at radius 2 is 2.29 bits per heavy atom. The lowest BCUT2D eigenvalue weighted by Crippen LogP contribution is -2.02. The fourth-order valence-electron chi connectivity index (χ4n) is 0.998. The largest absolute Gasteiger partial charge is 0.481 e. The number of nitrogens with zero attached hydrogens (tertiary/aromatic N) is 1. The molecule has 0 aromatic heterocycles. The fourth-order valence-corrected chi connectivity index (χ4v) is 1.55. The van der Waals surface area contributed by atoms with Crippen LogP contribution in [0.4, 0.5) is 4.39 Å². The molecule has 0 aliphatic rings. The third kappa shape index (κ3) is 2.09. The van der Waals surface area contributed by atoms with Gasteiger partial charge >= 0.3 is 5.97 Å². The van der Waals surface area contributed by atoms with Crippen molar-refractivity contribution < 1.29 is 14.3 Å². The molecule has 1 aromatic carbocycles. The second kappa shape index (κ2) is 4.20. The first-order chi connectivity index (χ1) is 6.56. The highest BCUT2D eigenvalue weighted by Crippen LogP contribution is 2.24. The Morgan fingerprint density at radius 3 is 2.79 bits per heavy atom. The quantitative estimate of drug-likeness (QED) is 0.883. The van der Waals surface area contributed by atoms with E-state index in [2.05, 4.69) is 15.9 Å². The van der Waals surface area contributed by atoms with Gasteiger partial charge in [0.15, 0.2) is 0 Å². The van der Waals surface area contributed by atoms with Gasteiger partial charge in [0, 0.05) is 4.47 Å². The predicted molar refractivity (Wildman–Crippen MR) is 50.2 cm³/mol. The van der Waals surface area contributed by atoms with Crippen molar-refractivity contribution in [2.45, 2.75) is 6.42 Å². The van der Waals surface area contributed by atoms with E-state index in [0.29, 0.717) is 5.56 Å². The molecule has 0 heterocycles. The van der Waals surface area contributed by atoms with Gasteiger partial charge in [-0.15, -0.1) is 0 Å². The van der Waals surface area contributed by atoms with Gasteiger partial charge in [-0.25, -0.2) is 4.39 Å². The van der Waals surface area contributed by atoms with E-state index in [4.69, 9.17) is 10.4 Å². The van der Waals surface area contributed by atoms with Gasteiger partial charge in [-0.05, 0) is 27.6 Å². The van der Waals surface area contributed by atoms with E-state index in [1.807, 2.05) is 0 Å². The number of halogens is 2. The van der Waals surface area contributed by atoms with Gasteiger partial charge in [0.2, 0.25) is 0 Å². The Bertz CT molecular complexity index is 426. The number of hydrogen-bond donors (Lipinski definition) is 1. The maximum atomic E-state index is 13.0. The van der Waals surface area contributed by atoms with Crippen molar-refractivity contribution in [1.82, 2.24) is 0 Å². The van der Waals surface area contributed by atoms with E-state index in [1.165, 1.54) is 6.07 Å². The summed E-state index contributed by atoms with van der Waals surface area (Å²) in [6.07, 6.45) is -0.241. The number of benzene rings is 1. The van der Waals surface area contributed by atoms with Crippen LogP contribution in [0.3, 0.4) is 0 Å². The third-order valence-electron chi connectivity index (χ3n) is 1.62. The molecular weight excluding hydrogens is 253 g/mol. The number of rotatable bonds is 2. The van der Waals surface area contributed by atoms with Gasteiger partial charge in [0.05, 0.1) is 6.42 Å². The Labute approximate surface area is 87.9 Å². The lowest BCUT2D eigenvalue weighted by Gasteiger charge is -2.03. The van der Waals surface area contributed by atoms with Gasteiger partial charge in [0.25, 0.3) is 0 Å². The predicted octanol–water partition coefficient (Wildman–Crippen LogP) is 2.09. The molecule has 1 aromatic rings. The number of carboxylic acid groups (broad SMARTS) is 1. The maximum Gasteiger partial charge on any atom is 0.307 e. The van der Waals surface area contributed by atoms with Crippen molar-refractivity contribution in [3.8, 4) is 6.07 Å². The minimum atomic E-state index is -1.03. The van der Waals surface area contributed by atoms with Crippen LogP contribution in [0.1, 0.15) is 11.1 Å². The third-order valence-corrected chi connectivity index (χ3v) is 2.53. The van der Waals surface area contributed by atoms with E-state index in [0.717, 1.165) is 6.07 Å². The Kier molecular flexibility index (Phi) is 3.20. The molecule has 1 rings (SSSR count). The minimum absolute atomic E-state index is 0.163. The van der Waals surface area contributed by atoms with E-state index < -0.39 is 11.8 Å². The highest BCUT2D eigenvalue weighted by Gasteiger charge is 2.12. The zero-order valence-electron chi connectivity index (χ0n) is 6.92. The van der Waals surface area contributed by atoms with Gasteiger partial charge in [-0.3, -0.25) is 4.79 Å². The van der Waals surface area contributed by atoms with Crippen LogP contribution in [-0.4, -0.2) is 11.1 Å². The molecule has 0 radical (unpaired) electrons. The Balaban J connectivity index is 3.23. The number of carbonyl (C=O) groups is 1. The number of aliphatic carboxylic acids is 1. The summed E-state index contributed by atoms with van der Waals surface area (Å²) >= 11 is 2.99. The van der Waals surface area contributed by atoms with Crippen molar-refractivity contribution in [3.63, 3.8) is 0 Å². The molecule has 0 aliphatic carbocycles. The van der Waals surface area contributed by atoms with E-state index in [1.54, 1.807) is 6.07 Å². The first kappa shape index (κ1) is 10.7. The van der Waals surface area contributed by atoms with Crippen molar-refractivity contribution in [3.05, 3.63) is 33.5 Å². The van der Waals surface area contributed by atoms with Crippen molar-refractivity contribution in [1.29, 1.82) is 5.26 Å². The molecule has 0 spiro atoms. The minimum Gasteiger partial charge on any atom is -0.481 e. The van der Waals surface area contributed by atoms with Crippen LogP contribution in [0, 0.1) is 17.1 Å². The molecule has 0 unspecified atom stereocenters. The molecule has 5 heteroatoms. The number of hydrogen-bond acceptors (Lipinski definition) is 2. The molecule has 0 atom stereocenters. The molecule has 1 N–H and O–H groups in total. The topological polar surface area (TPSA) is 61.1 Å². The van der Waals surface area contributed by atoms with Crippen molar-refractivity contribution in [2.75, 3.05) is 0 Å². The molecular formula is C9H5BrFNO2. The van der Waals surface area contributed by atoms with Gasteiger partial charge < -0.3 is 5.11 Å². The Hall–Kier alpha value is -1.41. The first-order valence-corrected chi connectivity index (χ1v) is 4.44. The standard InChI is InChI=1S/C9H5BrFNO2/c10-9-5(3-8(13)14)1-2-7(11)6(9)4-12/h1-2H,3H2,(H,13,14). The second-order valence-corrected chi connectivity index (χ2v) is 3.37. The second-order valence-electron chi connectivity index (χ2n) is 2.58. The maximum absolute atomic E-state index is 13.0. The fraction of sp³-hybridized carbons (Fsp3) is 0.111. The van der Waals surface area contributed by atoms with Gasteiger partial charge in [0.1, 0.15) is 17.4 Å². The summed E-state index contributed by atoms with van der Waals surface area (Å²) in [5, 5.41) is 17.1. The van der Waals surface area contributed by atoms with Crippen LogP contribution in [0.25, 0.3) is 0 Å². The summed E-state index contributed by atoms with van der Waals surface area (Å²) in [6.45, 7) is 0. The smallest absolute Gasteiger partial charge is 0.307 e. The van der Waals surface area contributed by atoms with Crippen LogP contribution in [-0.2, 0) is 11.2 Å². The molecule has 3 nitrogen and oxygen atoms in total. The molecule has 72 valence electrons. The molecule has 0 saturated heterocycles. The lowest BCUT2D eigenvalue weighted by molar-refractivity contribution is -0.136. The molecule has 0 bridgehead atoms. The van der Waals surface area contributed by atoms with Crippen LogP contribution >= 0.6 is 15.9 Å². The monoisotopic (exact) mass is 257 g/mol. The summed E-state index contributed by atoms with van der Waals surface area (Å²) in [5.74, 6) is -1.69. The highest BCUT2D eigenvalue weighted by molar-refractivity contribution is 9.10. The normalized spacial score (nSPS) is 9.50. The SMILES string of the molecule is N#Cc1c(F)ccc(CC(=O)O)c1Br. The highest BCUT2D eigenvalue weighted by atomic mass is 79.9. The van der Waals surface area contributed by atoms with Crippen molar-refractivity contribution in [2.24, 2.45) is 0 Å². The summed E-state index contributed by atoms with van der Waals surface area (Å²) in [7, 11) is 0. The number of carboxylic acids is 1. The first-order valence-electron chi connectivity index (χ1n) is 3.65. The van der Waals surface area contributed by atoms with E-state index in [-0.39, 0.29) is 16.5 Å². The molecule has 14 heavy (non-hydrogen) atoms. The van der Waals surface area contributed by atoms with Crippen LogP contribution in [0.15, 0.2) is 16.6 Å². The molecule has 0 amide bonds. The summed E-state index contributed by atoms with van der Waals surface area (Å²) in [5.41, 5.74) is 0.221. The average molecular weight is 258 g/mol. The van der Waals surface area contributed by atoms with Crippen LogP contribution in [0.2, 0.25) is 0 Å². The van der Waals surface area contributed by atoms with Gasteiger partial charge in [-0.2, -0.15) is 5.26 Å². The molecule has 0 aliphatic heterocycles. The summed E-state index contributed by atoms with van der Waals surface area (Å²) < 4.78 is 13.2. The summed E-state index contributed by atoms with van der Waals surface area (Å²) in [6, 6.07) is 4.09. The zero-order valence-corrected chi connectivity index (χ0v) is 8.51. The molecule has 0 saturated carbocycles. The van der Waals surface area contributed by atoms with E-state index in [9.17, 15) is 9.18 Å². The lowest BCUT2D eigenvalue weighted by atomic mass is 10.1. The zero-order chi connectivity index (χ0) is 10.7. The molecule has 0 fully saturated rings.